The molecule has 2 N–H and O–H groups in total. The second-order valence-corrected chi connectivity index (χ2v) is 6.65. The Morgan fingerprint density at radius 1 is 1.12 bits per heavy atom. The van der Waals surface area contributed by atoms with Crippen LogP contribution in [0.1, 0.15) is 19.3 Å². The summed E-state index contributed by atoms with van der Waals surface area (Å²) in [5.74, 6) is -0.0397. The number of rotatable bonds is 5. The first-order valence-electron chi connectivity index (χ1n) is 8.94. The van der Waals surface area contributed by atoms with E-state index in [0.29, 0.717) is 13.0 Å². The molecule has 25 heavy (non-hydrogen) atoms. The molecule has 2 fully saturated rings. The number of amides is 3. The third-order valence-corrected chi connectivity index (χ3v) is 4.89. The van der Waals surface area contributed by atoms with E-state index in [0.717, 1.165) is 38.2 Å². The number of hydrogen-bond acceptors (Lipinski definition) is 3. The molecular formula is C19H26N4O2. The molecule has 0 radical (unpaired) electrons. The highest BCUT2D eigenvalue weighted by molar-refractivity contribution is 6.01. The Bertz CT molecular complexity index is 611. The van der Waals surface area contributed by atoms with Crippen LogP contribution in [0.5, 0.6) is 0 Å². The molecule has 6 nitrogen and oxygen atoms in total. The van der Waals surface area contributed by atoms with Crippen molar-refractivity contribution in [2.24, 2.45) is 0 Å². The molecule has 2 aliphatic rings. The molecule has 1 atom stereocenters. The van der Waals surface area contributed by atoms with Crippen LogP contribution < -0.4 is 15.5 Å². The standard InChI is InChI=1S/C19H26N4O2/c1-2-11-22-12-8-15(9-13-22)20-19(25)21-17-10-14-23(18(17)24)16-6-4-3-5-7-16/h2-7,15,17H,1,8-14H2,(H2,20,21,25)/t17-/m1/s1. The van der Waals surface area contributed by atoms with Crippen LogP contribution in [0, 0.1) is 0 Å². The molecule has 3 rings (SSSR count). The summed E-state index contributed by atoms with van der Waals surface area (Å²) in [7, 11) is 0. The molecule has 1 aromatic rings. The Kier molecular flexibility index (Phi) is 5.71. The summed E-state index contributed by atoms with van der Waals surface area (Å²) in [5, 5.41) is 5.85. The fourth-order valence-corrected chi connectivity index (χ4v) is 3.51. The molecule has 6 heteroatoms. The summed E-state index contributed by atoms with van der Waals surface area (Å²) in [6, 6.07) is 9.06. The lowest BCUT2D eigenvalue weighted by Crippen LogP contribution is -2.51. The summed E-state index contributed by atoms with van der Waals surface area (Å²) < 4.78 is 0. The minimum absolute atomic E-state index is 0.0397. The lowest BCUT2D eigenvalue weighted by Gasteiger charge is -2.31. The van der Waals surface area contributed by atoms with Crippen molar-refractivity contribution in [3.8, 4) is 0 Å². The molecule has 0 spiro atoms. The number of nitrogens with zero attached hydrogens (tertiary/aromatic N) is 2. The number of hydrogen-bond donors (Lipinski definition) is 2. The van der Waals surface area contributed by atoms with Crippen molar-refractivity contribution in [2.45, 2.75) is 31.3 Å². The number of carbonyl (C=O) groups is 2. The van der Waals surface area contributed by atoms with Crippen molar-refractivity contribution in [1.29, 1.82) is 0 Å². The number of piperidine rings is 1. The molecule has 0 saturated carbocycles. The first-order valence-corrected chi connectivity index (χ1v) is 8.94. The lowest BCUT2D eigenvalue weighted by molar-refractivity contribution is -0.118. The van der Waals surface area contributed by atoms with Crippen molar-refractivity contribution < 1.29 is 9.59 Å². The van der Waals surface area contributed by atoms with Gasteiger partial charge in [-0.25, -0.2) is 4.79 Å². The average molecular weight is 342 g/mol. The van der Waals surface area contributed by atoms with Gasteiger partial charge in [-0.15, -0.1) is 6.58 Å². The molecule has 2 saturated heterocycles. The molecule has 0 aliphatic carbocycles. The van der Waals surface area contributed by atoms with Gasteiger partial charge in [0.05, 0.1) is 0 Å². The lowest BCUT2D eigenvalue weighted by atomic mass is 10.1. The summed E-state index contributed by atoms with van der Waals surface area (Å²) in [5.41, 5.74) is 0.881. The van der Waals surface area contributed by atoms with Crippen LogP contribution in [-0.4, -0.2) is 55.1 Å². The molecule has 0 bridgehead atoms. The number of carbonyl (C=O) groups excluding carboxylic acids is 2. The third kappa shape index (κ3) is 4.39. The van der Waals surface area contributed by atoms with Gasteiger partial charge in [0.1, 0.15) is 6.04 Å². The van der Waals surface area contributed by atoms with Gasteiger partial charge in [-0.1, -0.05) is 24.3 Å². The van der Waals surface area contributed by atoms with E-state index in [1.807, 2.05) is 36.4 Å². The maximum Gasteiger partial charge on any atom is 0.315 e. The maximum atomic E-state index is 12.5. The van der Waals surface area contributed by atoms with Gasteiger partial charge < -0.3 is 15.5 Å². The maximum absolute atomic E-state index is 12.5. The quantitative estimate of drug-likeness (QED) is 0.801. The highest BCUT2D eigenvalue weighted by atomic mass is 16.2. The van der Waals surface area contributed by atoms with Crippen LogP contribution in [-0.2, 0) is 4.79 Å². The Morgan fingerprint density at radius 3 is 2.52 bits per heavy atom. The summed E-state index contributed by atoms with van der Waals surface area (Å²) in [6.45, 7) is 7.20. The first kappa shape index (κ1) is 17.5. The normalized spacial score (nSPS) is 22.0. The van der Waals surface area contributed by atoms with Crippen molar-refractivity contribution in [2.75, 3.05) is 31.1 Å². The van der Waals surface area contributed by atoms with Gasteiger partial charge in [0.15, 0.2) is 0 Å². The van der Waals surface area contributed by atoms with E-state index < -0.39 is 6.04 Å². The van der Waals surface area contributed by atoms with Crippen molar-refractivity contribution in [3.63, 3.8) is 0 Å². The molecular weight excluding hydrogens is 316 g/mol. The SMILES string of the molecule is C=CCN1CCC(NC(=O)N[C@@H]2CCN(c3ccccc3)C2=O)CC1. The topological polar surface area (TPSA) is 64.7 Å². The van der Waals surface area contributed by atoms with Crippen molar-refractivity contribution in [1.82, 2.24) is 15.5 Å². The van der Waals surface area contributed by atoms with Crippen LogP contribution >= 0.6 is 0 Å². The van der Waals surface area contributed by atoms with Gasteiger partial charge in [-0.05, 0) is 31.4 Å². The number of nitrogens with one attached hydrogen (secondary N) is 2. The minimum atomic E-state index is -0.443. The number of likely N-dealkylation sites (tertiary alicyclic amines) is 1. The number of urea groups is 1. The van der Waals surface area contributed by atoms with E-state index in [4.69, 9.17) is 0 Å². The van der Waals surface area contributed by atoms with Gasteiger partial charge in [0.2, 0.25) is 5.91 Å². The fraction of sp³-hybridized carbons (Fsp3) is 0.474. The second kappa shape index (κ2) is 8.16. The molecule has 134 valence electrons. The Labute approximate surface area is 148 Å². The average Bonchev–Trinajstić information content (AvgIpc) is 2.98. The molecule has 1 aromatic carbocycles. The fourth-order valence-electron chi connectivity index (χ4n) is 3.51. The highest BCUT2D eigenvalue weighted by Gasteiger charge is 2.34. The smallest absolute Gasteiger partial charge is 0.315 e. The monoisotopic (exact) mass is 342 g/mol. The van der Waals surface area contributed by atoms with Gasteiger partial charge in [0, 0.05) is 37.9 Å². The molecule has 3 amide bonds. The highest BCUT2D eigenvalue weighted by Crippen LogP contribution is 2.21. The first-order chi connectivity index (χ1) is 12.2. The van der Waals surface area contributed by atoms with E-state index >= 15 is 0 Å². The zero-order chi connectivity index (χ0) is 17.6. The number of para-hydroxylation sites is 1. The van der Waals surface area contributed by atoms with E-state index in [-0.39, 0.29) is 18.0 Å². The second-order valence-electron chi connectivity index (χ2n) is 6.65. The van der Waals surface area contributed by atoms with Gasteiger partial charge in [0.25, 0.3) is 0 Å². The zero-order valence-corrected chi connectivity index (χ0v) is 14.5. The largest absolute Gasteiger partial charge is 0.335 e. The van der Waals surface area contributed by atoms with Crippen LogP contribution in [0.4, 0.5) is 10.5 Å². The number of benzene rings is 1. The third-order valence-electron chi connectivity index (χ3n) is 4.89. The van der Waals surface area contributed by atoms with E-state index in [1.165, 1.54) is 0 Å². The van der Waals surface area contributed by atoms with Crippen molar-refractivity contribution in [3.05, 3.63) is 43.0 Å². The Hall–Kier alpha value is -2.34. The predicted molar refractivity (Wildman–Crippen MR) is 98.5 cm³/mol. The van der Waals surface area contributed by atoms with E-state index in [1.54, 1.807) is 4.90 Å². The predicted octanol–water partition coefficient (Wildman–Crippen LogP) is 1.74. The van der Waals surface area contributed by atoms with Gasteiger partial charge >= 0.3 is 6.03 Å². The van der Waals surface area contributed by atoms with Crippen LogP contribution in [0.25, 0.3) is 0 Å². The zero-order valence-electron chi connectivity index (χ0n) is 14.5. The molecule has 0 unspecified atom stereocenters. The minimum Gasteiger partial charge on any atom is -0.335 e. The molecule has 2 heterocycles. The Morgan fingerprint density at radius 2 is 1.84 bits per heavy atom. The van der Waals surface area contributed by atoms with Crippen molar-refractivity contribution >= 4 is 17.6 Å². The Balaban J connectivity index is 1.46. The van der Waals surface area contributed by atoms with Gasteiger partial charge in [-0.2, -0.15) is 0 Å². The van der Waals surface area contributed by atoms with Crippen LogP contribution in [0.15, 0.2) is 43.0 Å². The van der Waals surface area contributed by atoms with E-state index in [9.17, 15) is 9.59 Å². The number of anilines is 1. The summed E-state index contributed by atoms with van der Waals surface area (Å²) >= 11 is 0. The van der Waals surface area contributed by atoms with Gasteiger partial charge in [-0.3, -0.25) is 9.69 Å². The van der Waals surface area contributed by atoms with Crippen LogP contribution in [0.3, 0.4) is 0 Å². The molecule has 2 aliphatic heterocycles. The van der Waals surface area contributed by atoms with E-state index in [2.05, 4.69) is 22.1 Å². The molecule has 0 aromatic heterocycles. The summed E-state index contributed by atoms with van der Waals surface area (Å²) in [6.07, 6.45) is 4.40. The van der Waals surface area contributed by atoms with Crippen LogP contribution in [0.2, 0.25) is 0 Å². The summed E-state index contributed by atoms with van der Waals surface area (Å²) in [4.78, 5) is 28.8.